The first kappa shape index (κ1) is 6.37. The number of hydrogen-bond acceptors (Lipinski definition) is 2. The summed E-state index contributed by atoms with van der Waals surface area (Å²) in [7, 11) is 0. The van der Waals surface area contributed by atoms with E-state index < -0.39 is 0 Å². The van der Waals surface area contributed by atoms with Crippen molar-refractivity contribution < 1.29 is 0 Å². The van der Waals surface area contributed by atoms with Crippen LogP contribution in [0.2, 0.25) is 0 Å². The maximum Gasteiger partial charge on any atom is 0.0236 e. The fourth-order valence-corrected chi connectivity index (χ4v) is 0.208. The fourth-order valence-electron chi connectivity index (χ4n) is 0.208. The molecule has 0 aromatic heterocycles. The van der Waals surface area contributed by atoms with Crippen LogP contribution in [0.4, 0.5) is 0 Å². The molecule has 0 aromatic rings. The first-order valence-electron chi connectivity index (χ1n) is 2.24. The lowest BCUT2D eigenvalue weighted by molar-refractivity contribution is 1.24. The van der Waals surface area contributed by atoms with E-state index in [1.54, 1.807) is 18.5 Å². The van der Waals surface area contributed by atoms with Crippen LogP contribution >= 0.6 is 0 Å². The van der Waals surface area contributed by atoms with E-state index in [1.807, 2.05) is 6.92 Å². The molecule has 0 amide bonds. The highest BCUT2D eigenvalue weighted by Gasteiger charge is 1.57. The Kier molecular flexibility index (Phi) is 4.89. The summed E-state index contributed by atoms with van der Waals surface area (Å²) >= 11 is 0. The third kappa shape index (κ3) is 5.37. The van der Waals surface area contributed by atoms with Crippen LogP contribution in [0.5, 0.6) is 0 Å². The van der Waals surface area contributed by atoms with Gasteiger partial charge in [-0.3, -0.25) is 4.99 Å². The van der Waals surface area contributed by atoms with Gasteiger partial charge in [-0.15, -0.1) is 0 Å². The van der Waals surface area contributed by atoms with E-state index in [1.165, 1.54) is 0 Å². The summed E-state index contributed by atoms with van der Waals surface area (Å²) in [6.07, 6.45) is 5.19. The van der Waals surface area contributed by atoms with E-state index >= 15 is 0 Å². The van der Waals surface area contributed by atoms with Gasteiger partial charge >= 0.3 is 0 Å². The molecule has 0 aliphatic rings. The molecule has 0 saturated heterocycles. The van der Waals surface area contributed by atoms with E-state index in [0.29, 0.717) is 6.54 Å². The standard InChI is InChI=1S/C5H10N2/c1-2-7-5-3-4-6/h2-3,5H,4,6H2,1H3. The molecule has 0 unspecified atom stereocenters. The van der Waals surface area contributed by atoms with E-state index in [2.05, 4.69) is 4.99 Å². The molecule has 0 aliphatic heterocycles. The summed E-state index contributed by atoms with van der Waals surface area (Å²) in [5.74, 6) is 0. The summed E-state index contributed by atoms with van der Waals surface area (Å²) in [5.41, 5.74) is 5.11. The molecule has 2 N–H and O–H groups in total. The van der Waals surface area contributed by atoms with Crippen LogP contribution in [0.1, 0.15) is 6.92 Å². The number of aliphatic imine (C=N–C) groups is 1. The van der Waals surface area contributed by atoms with Gasteiger partial charge in [0.05, 0.1) is 0 Å². The van der Waals surface area contributed by atoms with Crippen LogP contribution in [0.3, 0.4) is 0 Å². The van der Waals surface area contributed by atoms with Crippen LogP contribution in [-0.4, -0.2) is 12.8 Å². The predicted octanol–water partition coefficient (Wildman–Crippen LogP) is 0.550. The third-order valence-corrected chi connectivity index (χ3v) is 0.477. The van der Waals surface area contributed by atoms with Gasteiger partial charge in [-0.05, 0) is 6.92 Å². The molecule has 2 heteroatoms. The van der Waals surface area contributed by atoms with Crippen LogP contribution in [-0.2, 0) is 0 Å². The monoisotopic (exact) mass is 98.1 g/mol. The summed E-state index contributed by atoms with van der Waals surface area (Å²) < 4.78 is 0. The smallest absolute Gasteiger partial charge is 0.0236 e. The molecule has 0 saturated carbocycles. The van der Waals surface area contributed by atoms with Crippen molar-refractivity contribution in [1.29, 1.82) is 0 Å². The van der Waals surface area contributed by atoms with E-state index in [9.17, 15) is 0 Å². The first-order valence-corrected chi connectivity index (χ1v) is 2.24. The summed E-state index contributed by atoms with van der Waals surface area (Å²) in [4.78, 5) is 3.78. The van der Waals surface area contributed by atoms with Crippen molar-refractivity contribution in [2.75, 3.05) is 6.54 Å². The average molecular weight is 98.1 g/mol. The van der Waals surface area contributed by atoms with Gasteiger partial charge in [-0.25, -0.2) is 0 Å². The lowest BCUT2D eigenvalue weighted by Gasteiger charge is -1.72. The highest BCUT2D eigenvalue weighted by molar-refractivity contribution is 5.54. The number of nitrogens with zero attached hydrogens (tertiary/aromatic N) is 1. The van der Waals surface area contributed by atoms with Gasteiger partial charge in [0.25, 0.3) is 0 Å². The molecule has 0 fully saturated rings. The van der Waals surface area contributed by atoms with Gasteiger partial charge in [0.1, 0.15) is 0 Å². The van der Waals surface area contributed by atoms with E-state index in [0.717, 1.165) is 0 Å². The molecule has 0 atom stereocenters. The quantitative estimate of drug-likeness (QED) is 0.503. The molecule has 0 spiro atoms. The zero-order chi connectivity index (χ0) is 5.54. The number of hydrogen-bond donors (Lipinski definition) is 1. The second-order valence-electron chi connectivity index (χ2n) is 1.03. The molecule has 0 aliphatic carbocycles. The molecule has 0 rings (SSSR count). The van der Waals surface area contributed by atoms with Crippen molar-refractivity contribution in [2.24, 2.45) is 10.7 Å². The summed E-state index contributed by atoms with van der Waals surface area (Å²) in [6, 6.07) is 0. The average Bonchev–Trinajstić information content (AvgIpc) is 1.69. The maximum atomic E-state index is 5.11. The zero-order valence-electron chi connectivity index (χ0n) is 4.46. The highest BCUT2D eigenvalue weighted by atomic mass is 14.7. The lowest BCUT2D eigenvalue weighted by atomic mass is 10.6. The van der Waals surface area contributed by atoms with Gasteiger partial charge < -0.3 is 5.73 Å². The SMILES string of the molecule is CC=NC=CCN. The second kappa shape index (κ2) is 5.37. The number of rotatable bonds is 2. The van der Waals surface area contributed by atoms with Crippen molar-refractivity contribution in [1.82, 2.24) is 0 Å². The Morgan fingerprint density at radius 1 is 1.71 bits per heavy atom. The number of nitrogens with two attached hydrogens (primary N) is 1. The van der Waals surface area contributed by atoms with E-state index in [4.69, 9.17) is 5.73 Å². The molecular weight excluding hydrogens is 88.1 g/mol. The van der Waals surface area contributed by atoms with Crippen molar-refractivity contribution in [2.45, 2.75) is 6.92 Å². The highest BCUT2D eigenvalue weighted by Crippen LogP contribution is 1.67. The van der Waals surface area contributed by atoms with Gasteiger partial charge in [-0.2, -0.15) is 0 Å². The van der Waals surface area contributed by atoms with Gasteiger partial charge in [0.2, 0.25) is 0 Å². The Labute approximate surface area is 43.7 Å². The normalized spacial score (nSPS) is 11.7. The van der Waals surface area contributed by atoms with E-state index in [-0.39, 0.29) is 0 Å². The van der Waals surface area contributed by atoms with Gasteiger partial charge in [0.15, 0.2) is 0 Å². The Hall–Kier alpha value is -0.630. The molecule has 7 heavy (non-hydrogen) atoms. The molecule has 40 valence electrons. The van der Waals surface area contributed by atoms with Crippen molar-refractivity contribution in [3.63, 3.8) is 0 Å². The van der Waals surface area contributed by atoms with Crippen molar-refractivity contribution in [3.8, 4) is 0 Å². The van der Waals surface area contributed by atoms with Crippen molar-refractivity contribution in [3.05, 3.63) is 12.3 Å². The molecule has 2 nitrogen and oxygen atoms in total. The van der Waals surface area contributed by atoms with Crippen LogP contribution in [0, 0.1) is 0 Å². The summed E-state index contributed by atoms with van der Waals surface area (Å²) in [6.45, 7) is 2.43. The minimum Gasteiger partial charge on any atom is -0.327 e. The second-order valence-corrected chi connectivity index (χ2v) is 1.03. The Balaban J connectivity index is 3.09. The minimum absolute atomic E-state index is 0.567. The van der Waals surface area contributed by atoms with Crippen LogP contribution < -0.4 is 5.73 Å². The lowest BCUT2D eigenvalue weighted by Crippen LogP contribution is -1.91. The van der Waals surface area contributed by atoms with Crippen LogP contribution in [0.15, 0.2) is 17.3 Å². The molecule has 0 aromatic carbocycles. The largest absolute Gasteiger partial charge is 0.327 e. The fraction of sp³-hybridized carbons (Fsp3) is 0.400. The van der Waals surface area contributed by atoms with Gasteiger partial charge in [-0.1, -0.05) is 6.08 Å². The Morgan fingerprint density at radius 3 is 2.86 bits per heavy atom. The molecule has 0 bridgehead atoms. The third-order valence-electron chi connectivity index (χ3n) is 0.477. The molecule has 0 heterocycles. The van der Waals surface area contributed by atoms with Crippen LogP contribution in [0.25, 0.3) is 0 Å². The Morgan fingerprint density at radius 2 is 2.43 bits per heavy atom. The zero-order valence-corrected chi connectivity index (χ0v) is 4.46. The predicted molar refractivity (Wildman–Crippen MR) is 32.4 cm³/mol. The summed E-state index contributed by atoms with van der Waals surface area (Å²) in [5, 5.41) is 0. The first-order chi connectivity index (χ1) is 3.41. The molecular formula is C5H10N2. The van der Waals surface area contributed by atoms with Crippen molar-refractivity contribution >= 4 is 6.21 Å². The maximum absolute atomic E-state index is 5.11. The molecule has 0 radical (unpaired) electrons. The Bertz CT molecular complexity index is 74.1. The van der Waals surface area contributed by atoms with Gasteiger partial charge in [0, 0.05) is 19.0 Å². The minimum atomic E-state index is 0.567. The topological polar surface area (TPSA) is 38.4 Å².